The van der Waals surface area contributed by atoms with Gasteiger partial charge in [-0.1, -0.05) is 37.0 Å². The van der Waals surface area contributed by atoms with E-state index in [1.807, 2.05) is 0 Å². The van der Waals surface area contributed by atoms with Crippen molar-refractivity contribution >= 4 is 40.6 Å². The number of aryl methyl sites for hydroxylation is 1. The topological polar surface area (TPSA) is 58.1 Å². The fraction of sp³-hybridized carbons (Fsp3) is 0.389. The minimum Gasteiger partial charge on any atom is -0.357 e. The van der Waals surface area contributed by atoms with Crippen LogP contribution in [0.4, 0.5) is 11.5 Å². The van der Waals surface area contributed by atoms with Crippen LogP contribution in [0.15, 0.2) is 24.3 Å². The number of amides is 1. The van der Waals surface area contributed by atoms with Crippen molar-refractivity contribution in [2.75, 3.05) is 23.3 Å². The lowest BCUT2D eigenvalue weighted by molar-refractivity contribution is 0.102. The number of benzene rings is 1. The first-order valence-electron chi connectivity index (χ1n) is 8.31. The molecule has 0 saturated heterocycles. The summed E-state index contributed by atoms with van der Waals surface area (Å²) >= 11 is 12.0. The summed E-state index contributed by atoms with van der Waals surface area (Å²) in [6.07, 6.45) is 2.01. The zero-order valence-corrected chi connectivity index (χ0v) is 16.2. The van der Waals surface area contributed by atoms with Crippen LogP contribution < -0.4 is 10.2 Å². The average Bonchev–Trinajstić information content (AvgIpc) is 2.56. The van der Waals surface area contributed by atoms with E-state index in [1.165, 1.54) is 0 Å². The second kappa shape index (κ2) is 9.02. The summed E-state index contributed by atoms with van der Waals surface area (Å²) < 4.78 is 0. The number of nitrogens with zero attached hydrogens (tertiary/aromatic N) is 3. The van der Waals surface area contributed by atoms with Crippen molar-refractivity contribution in [3.8, 4) is 0 Å². The molecular formula is C18H22Cl2N4O. The molecule has 1 heterocycles. The maximum atomic E-state index is 12.6. The SMILES string of the molecule is CCCN(CCC)c1cc(C(=O)Nc2ccc(Cl)cc2Cl)nc(C)n1. The highest BCUT2D eigenvalue weighted by atomic mass is 35.5. The minimum absolute atomic E-state index is 0.311. The highest BCUT2D eigenvalue weighted by Crippen LogP contribution is 2.26. The zero-order valence-electron chi connectivity index (χ0n) is 14.6. The Hall–Kier alpha value is -1.85. The van der Waals surface area contributed by atoms with Crippen molar-refractivity contribution in [1.82, 2.24) is 9.97 Å². The van der Waals surface area contributed by atoms with E-state index in [0.29, 0.717) is 27.3 Å². The normalized spacial score (nSPS) is 10.6. The number of aromatic nitrogens is 2. The van der Waals surface area contributed by atoms with Gasteiger partial charge in [0.25, 0.3) is 5.91 Å². The molecule has 5 nitrogen and oxygen atoms in total. The number of carbonyl (C=O) groups is 1. The third-order valence-corrected chi connectivity index (χ3v) is 4.10. The number of rotatable bonds is 7. The Morgan fingerprint density at radius 2 is 1.80 bits per heavy atom. The summed E-state index contributed by atoms with van der Waals surface area (Å²) in [5.41, 5.74) is 0.804. The zero-order chi connectivity index (χ0) is 18.4. The molecule has 1 N–H and O–H groups in total. The molecule has 0 atom stereocenters. The summed E-state index contributed by atoms with van der Waals surface area (Å²) in [6.45, 7) is 7.79. The largest absolute Gasteiger partial charge is 0.357 e. The second-order valence-corrected chi connectivity index (χ2v) is 6.57. The van der Waals surface area contributed by atoms with Crippen LogP contribution in [-0.4, -0.2) is 29.0 Å². The lowest BCUT2D eigenvalue weighted by Gasteiger charge is -2.23. The number of hydrogen-bond donors (Lipinski definition) is 1. The fourth-order valence-corrected chi connectivity index (χ4v) is 2.94. The Labute approximate surface area is 158 Å². The van der Waals surface area contributed by atoms with Crippen LogP contribution in [0.5, 0.6) is 0 Å². The Bertz CT molecular complexity index is 746. The van der Waals surface area contributed by atoms with E-state index in [4.69, 9.17) is 23.2 Å². The predicted molar refractivity (Wildman–Crippen MR) is 104 cm³/mol. The number of nitrogens with one attached hydrogen (secondary N) is 1. The molecule has 0 saturated carbocycles. The van der Waals surface area contributed by atoms with E-state index in [1.54, 1.807) is 31.2 Å². The number of hydrogen-bond acceptors (Lipinski definition) is 4. The van der Waals surface area contributed by atoms with Gasteiger partial charge < -0.3 is 10.2 Å². The van der Waals surface area contributed by atoms with E-state index in [0.717, 1.165) is 31.7 Å². The van der Waals surface area contributed by atoms with Crippen LogP contribution >= 0.6 is 23.2 Å². The van der Waals surface area contributed by atoms with Gasteiger partial charge in [0.1, 0.15) is 17.3 Å². The Balaban J connectivity index is 2.27. The van der Waals surface area contributed by atoms with Crippen molar-refractivity contribution in [3.63, 3.8) is 0 Å². The maximum Gasteiger partial charge on any atom is 0.274 e. The molecule has 0 radical (unpaired) electrons. The highest BCUT2D eigenvalue weighted by Gasteiger charge is 2.15. The fourth-order valence-electron chi connectivity index (χ4n) is 2.49. The first-order chi connectivity index (χ1) is 11.9. The van der Waals surface area contributed by atoms with Gasteiger partial charge in [0.2, 0.25) is 0 Å². The van der Waals surface area contributed by atoms with Gasteiger partial charge in [-0.15, -0.1) is 0 Å². The van der Waals surface area contributed by atoms with Crippen LogP contribution in [0.1, 0.15) is 43.0 Å². The summed E-state index contributed by atoms with van der Waals surface area (Å²) in [7, 11) is 0. The van der Waals surface area contributed by atoms with Gasteiger partial charge in [0.05, 0.1) is 10.7 Å². The minimum atomic E-state index is -0.330. The average molecular weight is 381 g/mol. The molecule has 0 bridgehead atoms. The van der Waals surface area contributed by atoms with Crippen molar-refractivity contribution < 1.29 is 4.79 Å². The maximum absolute atomic E-state index is 12.6. The summed E-state index contributed by atoms with van der Waals surface area (Å²) in [4.78, 5) is 23.5. The first-order valence-corrected chi connectivity index (χ1v) is 9.07. The highest BCUT2D eigenvalue weighted by molar-refractivity contribution is 6.36. The lowest BCUT2D eigenvalue weighted by Crippen LogP contribution is -2.27. The number of carbonyl (C=O) groups excluding carboxylic acids is 1. The third-order valence-electron chi connectivity index (χ3n) is 3.55. The number of anilines is 2. The van der Waals surface area contributed by atoms with Crippen molar-refractivity contribution in [1.29, 1.82) is 0 Å². The van der Waals surface area contributed by atoms with Crippen molar-refractivity contribution in [3.05, 3.63) is 45.8 Å². The van der Waals surface area contributed by atoms with E-state index >= 15 is 0 Å². The van der Waals surface area contributed by atoms with Crippen LogP contribution in [0.25, 0.3) is 0 Å². The summed E-state index contributed by atoms with van der Waals surface area (Å²) in [5, 5.41) is 3.66. The standard InChI is InChI=1S/C18H22Cl2N4O/c1-4-8-24(9-5-2)17-11-16(21-12(3)22-17)18(25)23-15-7-6-13(19)10-14(15)20/h6-7,10-11H,4-5,8-9H2,1-3H3,(H,23,25). The molecule has 2 aromatic rings. The molecule has 134 valence electrons. The number of halogens is 2. The van der Waals surface area contributed by atoms with Gasteiger partial charge in [0, 0.05) is 24.2 Å². The van der Waals surface area contributed by atoms with Crippen molar-refractivity contribution in [2.24, 2.45) is 0 Å². The van der Waals surface area contributed by atoms with E-state index in [9.17, 15) is 4.79 Å². The van der Waals surface area contributed by atoms with Crippen LogP contribution in [0.3, 0.4) is 0 Å². The summed E-state index contributed by atoms with van der Waals surface area (Å²) in [6, 6.07) is 6.64. The third kappa shape index (κ3) is 5.31. The molecular weight excluding hydrogens is 359 g/mol. The molecule has 25 heavy (non-hydrogen) atoms. The molecule has 0 fully saturated rings. The predicted octanol–water partition coefficient (Wildman–Crippen LogP) is 4.97. The molecule has 0 aliphatic carbocycles. The molecule has 1 aromatic carbocycles. The molecule has 2 rings (SSSR count). The van der Waals surface area contributed by atoms with Gasteiger partial charge in [0.15, 0.2) is 0 Å². The van der Waals surface area contributed by atoms with Gasteiger partial charge >= 0.3 is 0 Å². The van der Waals surface area contributed by atoms with E-state index in [-0.39, 0.29) is 5.91 Å². The van der Waals surface area contributed by atoms with Crippen LogP contribution in [0.2, 0.25) is 10.0 Å². The van der Waals surface area contributed by atoms with Gasteiger partial charge in [-0.25, -0.2) is 9.97 Å². The van der Waals surface area contributed by atoms with E-state index in [2.05, 4.69) is 34.0 Å². The van der Waals surface area contributed by atoms with Gasteiger partial charge in [-0.2, -0.15) is 0 Å². The molecule has 0 aliphatic heterocycles. The molecule has 0 spiro atoms. The van der Waals surface area contributed by atoms with E-state index < -0.39 is 0 Å². The monoisotopic (exact) mass is 380 g/mol. The molecule has 0 aliphatic rings. The smallest absolute Gasteiger partial charge is 0.274 e. The first kappa shape index (κ1) is 19.5. The Morgan fingerprint density at radius 1 is 1.12 bits per heavy atom. The van der Waals surface area contributed by atoms with Crippen molar-refractivity contribution in [2.45, 2.75) is 33.6 Å². The molecule has 7 heteroatoms. The quantitative estimate of drug-likeness (QED) is 0.736. The molecule has 1 amide bonds. The molecule has 1 aromatic heterocycles. The Morgan fingerprint density at radius 3 is 2.40 bits per heavy atom. The Kier molecular flexibility index (Phi) is 7.02. The molecule has 0 unspecified atom stereocenters. The van der Waals surface area contributed by atoms with Gasteiger partial charge in [-0.3, -0.25) is 4.79 Å². The second-order valence-electron chi connectivity index (χ2n) is 5.72. The lowest BCUT2D eigenvalue weighted by atomic mass is 10.2. The van der Waals surface area contributed by atoms with Crippen LogP contribution in [0, 0.1) is 6.92 Å². The van der Waals surface area contributed by atoms with Crippen LogP contribution in [-0.2, 0) is 0 Å². The van der Waals surface area contributed by atoms with Gasteiger partial charge in [-0.05, 0) is 38.0 Å². The summed E-state index contributed by atoms with van der Waals surface area (Å²) in [5.74, 6) is 0.995.